The number of hydrogen-bond acceptors (Lipinski definition) is 4. The number of aryl methyl sites for hydroxylation is 2. The van der Waals surface area contributed by atoms with Gasteiger partial charge in [-0.05, 0) is 12.0 Å². The molecule has 2 amide bonds. The highest BCUT2D eigenvalue weighted by molar-refractivity contribution is 7.99. The molecule has 128 valence electrons. The van der Waals surface area contributed by atoms with Gasteiger partial charge in [-0.15, -0.1) is 11.8 Å². The predicted octanol–water partition coefficient (Wildman–Crippen LogP) is 0.933. The van der Waals surface area contributed by atoms with Gasteiger partial charge in [0.15, 0.2) is 0 Å². The van der Waals surface area contributed by atoms with Gasteiger partial charge in [0.1, 0.15) is 12.6 Å². The molecule has 0 saturated carbocycles. The average Bonchev–Trinajstić information content (AvgIpc) is 3.10. The number of nitrogens with one attached hydrogen (secondary N) is 1. The number of carbonyl (C=O) groups excluding carboxylic acids is 2. The molecule has 0 aromatic carbocycles. The van der Waals surface area contributed by atoms with Crippen molar-refractivity contribution in [3.63, 3.8) is 0 Å². The van der Waals surface area contributed by atoms with Crippen LogP contribution in [0.25, 0.3) is 0 Å². The monoisotopic (exact) mass is 350 g/mol. The van der Waals surface area contributed by atoms with E-state index in [0.29, 0.717) is 18.1 Å². The lowest BCUT2D eigenvalue weighted by molar-refractivity contribution is -0.144. The molecule has 10 heteroatoms. The van der Waals surface area contributed by atoms with Gasteiger partial charge < -0.3 is 10.2 Å². The van der Waals surface area contributed by atoms with Crippen molar-refractivity contribution in [3.8, 4) is 0 Å². The Bertz CT molecular complexity index is 576. The zero-order chi connectivity index (χ0) is 17.0. The third-order valence-electron chi connectivity index (χ3n) is 3.35. The molecule has 2 rings (SSSR count). The number of carbonyl (C=O) groups is 2. The van der Waals surface area contributed by atoms with Crippen LogP contribution in [-0.2, 0) is 23.1 Å². The van der Waals surface area contributed by atoms with Crippen LogP contribution in [0.1, 0.15) is 12.0 Å². The van der Waals surface area contributed by atoms with Gasteiger partial charge in [0.05, 0.1) is 12.1 Å². The molecule has 2 heterocycles. The van der Waals surface area contributed by atoms with Crippen LogP contribution in [-0.4, -0.2) is 56.9 Å². The number of nitrogens with zero attached hydrogens (tertiary/aromatic N) is 3. The summed E-state index contributed by atoms with van der Waals surface area (Å²) in [4.78, 5) is 25.4. The fourth-order valence-electron chi connectivity index (χ4n) is 2.21. The number of thioether (sulfide) groups is 1. The summed E-state index contributed by atoms with van der Waals surface area (Å²) in [6, 6.07) is -0.844. The molecule has 1 saturated heterocycles. The van der Waals surface area contributed by atoms with Crippen LogP contribution in [0.5, 0.6) is 0 Å². The standard InChI is InChI=1S/C13H17F3N4O2S/c1-19-5-9(4-18-19)2-3-11(21)20-8-23-6-10(20)12(22)17-7-13(14,15)16/h4-5,10H,2-3,6-8H2,1H3,(H,17,22)/t10-/m0/s1. The summed E-state index contributed by atoms with van der Waals surface area (Å²) in [5.74, 6) is -0.383. The Morgan fingerprint density at radius 1 is 1.48 bits per heavy atom. The highest BCUT2D eigenvalue weighted by atomic mass is 32.2. The van der Waals surface area contributed by atoms with E-state index in [-0.39, 0.29) is 12.3 Å². The summed E-state index contributed by atoms with van der Waals surface area (Å²) in [6.45, 7) is -1.38. The van der Waals surface area contributed by atoms with E-state index in [9.17, 15) is 22.8 Å². The first-order chi connectivity index (χ1) is 10.8. The van der Waals surface area contributed by atoms with Crippen LogP contribution in [0.2, 0.25) is 0 Å². The summed E-state index contributed by atoms with van der Waals surface area (Å²) in [6.07, 6.45) is -0.352. The Kier molecular flexibility index (Phi) is 5.55. The molecule has 0 spiro atoms. The smallest absolute Gasteiger partial charge is 0.345 e. The van der Waals surface area contributed by atoms with Gasteiger partial charge in [-0.2, -0.15) is 18.3 Å². The molecule has 23 heavy (non-hydrogen) atoms. The van der Waals surface area contributed by atoms with Gasteiger partial charge in [-0.25, -0.2) is 0 Å². The van der Waals surface area contributed by atoms with Gasteiger partial charge in [-0.3, -0.25) is 14.3 Å². The first kappa shape index (κ1) is 17.6. The summed E-state index contributed by atoms with van der Waals surface area (Å²) in [5.41, 5.74) is 0.894. The van der Waals surface area contributed by atoms with Crippen LogP contribution in [0, 0.1) is 0 Å². The van der Waals surface area contributed by atoms with E-state index in [0.717, 1.165) is 5.56 Å². The second kappa shape index (κ2) is 7.24. The van der Waals surface area contributed by atoms with Crippen molar-refractivity contribution >= 4 is 23.6 Å². The Morgan fingerprint density at radius 3 is 2.83 bits per heavy atom. The minimum absolute atomic E-state index is 0.190. The maximum absolute atomic E-state index is 12.2. The number of rotatable bonds is 5. The van der Waals surface area contributed by atoms with E-state index in [1.54, 1.807) is 24.1 Å². The lowest BCUT2D eigenvalue weighted by atomic mass is 10.1. The van der Waals surface area contributed by atoms with Crippen molar-refractivity contribution in [2.45, 2.75) is 25.1 Å². The zero-order valence-electron chi connectivity index (χ0n) is 12.5. The van der Waals surface area contributed by atoms with E-state index in [2.05, 4.69) is 5.10 Å². The maximum Gasteiger partial charge on any atom is 0.405 e. The molecule has 0 bridgehead atoms. The molecule has 1 aliphatic rings. The highest BCUT2D eigenvalue weighted by Gasteiger charge is 2.36. The minimum atomic E-state index is -4.46. The average molecular weight is 350 g/mol. The summed E-state index contributed by atoms with van der Waals surface area (Å²) >= 11 is 1.35. The number of amides is 2. The topological polar surface area (TPSA) is 67.2 Å². The molecule has 1 aromatic rings. The summed E-state index contributed by atoms with van der Waals surface area (Å²) in [5, 5.41) is 5.84. The van der Waals surface area contributed by atoms with Crippen LogP contribution < -0.4 is 5.32 Å². The summed E-state index contributed by atoms with van der Waals surface area (Å²) in [7, 11) is 1.77. The van der Waals surface area contributed by atoms with Gasteiger partial charge in [0.25, 0.3) is 0 Å². The van der Waals surface area contributed by atoms with Gasteiger partial charge >= 0.3 is 6.18 Å². The van der Waals surface area contributed by atoms with Crippen LogP contribution in [0.4, 0.5) is 13.2 Å². The predicted molar refractivity (Wildman–Crippen MR) is 78.6 cm³/mol. The zero-order valence-corrected chi connectivity index (χ0v) is 13.3. The second-order valence-electron chi connectivity index (χ2n) is 5.23. The quantitative estimate of drug-likeness (QED) is 0.858. The molecular formula is C13H17F3N4O2S. The molecule has 1 atom stereocenters. The van der Waals surface area contributed by atoms with Crippen LogP contribution in [0.3, 0.4) is 0 Å². The lowest BCUT2D eigenvalue weighted by Gasteiger charge is -2.23. The maximum atomic E-state index is 12.2. The molecule has 0 unspecified atom stereocenters. The van der Waals surface area contributed by atoms with Crippen molar-refractivity contribution < 1.29 is 22.8 Å². The Balaban J connectivity index is 1.87. The van der Waals surface area contributed by atoms with Crippen molar-refractivity contribution in [2.75, 3.05) is 18.2 Å². The van der Waals surface area contributed by atoms with Gasteiger partial charge in [0, 0.05) is 25.4 Å². The van der Waals surface area contributed by atoms with Crippen molar-refractivity contribution in [1.82, 2.24) is 20.0 Å². The third kappa shape index (κ3) is 5.15. The minimum Gasteiger partial charge on any atom is -0.345 e. The first-order valence-corrected chi connectivity index (χ1v) is 8.11. The van der Waals surface area contributed by atoms with Gasteiger partial charge in [0.2, 0.25) is 11.8 Å². The SMILES string of the molecule is Cn1cc(CCC(=O)N2CSC[C@H]2C(=O)NCC(F)(F)F)cn1. The van der Waals surface area contributed by atoms with E-state index in [4.69, 9.17) is 0 Å². The Labute approximate surface area is 135 Å². The number of hydrogen-bond donors (Lipinski definition) is 1. The molecule has 0 radical (unpaired) electrons. The largest absolute Gasteiger partial charge is 0.405 e. The molecule has 1 aromatic heterocycles. The Morgan fingerprint density at radius 2 is 2.22 bits per heavy atom. The molecule has 1 fully saturated rings. The van der Waals surface area contributed by atoms with E-state index < -0.39 is 24.7 Å². The van der Waals surface area contributed by atoms with Crippen LogP contribution in [0.15, 0.2) is 12.4 Å². The summed E-state index contributed by atoms with van der Waals surface area (Å²) < 4.78 is 38.1. The van der Waals surface area contributed by atoms with Gasteiger partial charge in [-0.1, -0.05) is 0 Å². The van der Waals surface area contributed by atoms with E-state index in [1.807, 2.05) is 5.32 Å². The molecule has 1 N–H and O–H groups in total. The Hall–Kier alpha value is -1.71. The van der Waals surface area contributed by atoms with Crippen LogP contribution >= 0.6 is 11.8 Å². The van der Waals surface area contributed by atoms with Crippen molar-refractivity contribution in [2.24, 2.45) is 7.05 Å². The fraction of sp³-hybridized carbons (Fsp3) is 0.615. The fourth-order valence-corrected chi connectivity index (χ4v) is 3.39. The normalized spacial score (nSPS) is 18.3. The number of aromatic nitrogens is 2. The number of halogens is 3. The third-order valence-corrected chi connectivity index (χ3v) is 4.37. The van der Waals surface area contributed by atoms with Crippen molar-refractivity contribution in [3.05, 3.63) is 18.0 Å². The lowest BCUT2D eigenvalue weighted by Crippen LogP contribution is -2.49. The second-order valence-corrected chi connectivity index (χ2v) is 6.23. The molecule has 1 aliphatic heterocycles. The number of alkyl halides is 3. The molecular weight excluding hydrogens is 333 g/mol. The highest BCUT2D eigenvalue weighted by Crippen LogP contribution is 2.23. The molecule has 0 aliphatic carbocycles. The first-order valence-electron chi connectivity index (χ1n) is 6.95. The van der Waals surface area contributed by atoms with E-state index >= 15 is 0 Å². The van der Waals surface area contributed by atoms with E-state index in [1.165, 1.54) is 16.7 Å². The van der Waals surface area contributed by atoms with Crippen molar-refractivity contribution in [1.29, 1.82) is 0 Å². The molecule has 6 nitrogen and oxygen atoms in total.